The summed E-state index contributed by atoms with van der Waals surface area (Å²) in [5.74, 6) is -1.45. The van der Waals surface area contributed by atoms with Crippen LogP contribution in [0.4, 0.5) is 0 Å². The third-order valence-corrected chi connectivity index (χ3v) is 8.99. The molecule has 51 heavy (non-hydrogen) atoms. The van der Waals surface area contributed by atoms with Crippen LogP contribution in [0.2, 0.25) is 0 Å². The number of ether oxygens (including phenoxy) is 7. The van der Waals surface area contributed by atoms with E-state index in [4.69, 9.17) is 33.2 Å². The zero-order valence-corrected chi connectivity index (χ0v) is 27.4. The third-order valence-electron chi connectivity index (χ3n) is 8.99. The van der Waals surface area contributed by atoms with Crippen molar-refractivity contribution >= 4 is 11.8 Å². The first kappa shape index (κ1) is 41.9. The predicted octanol–water partition coefficient (Wildman–Crippen LogP) is -9.46. The number of amides is 2. The molecule has 0 bridgehead atoms. The zero-order chi connectivity index (χ0) is 37.9. The summed E-state index contributed by atoms with van der Waals surface area (Å²) < 4.78 is 39.3. The fourth-order valence-corrected chi connectivity index (χ4v) is 6.24. The van der Waals surface area contributed by atoms with Crippen molar-refractivity contribution in [1.29, 1.82) is 0 Å². The molecular formula is C28H48N2O21. The number of nitrogens with one attached hydrogen (secondary N) is 2. The summed E-state index contributed by atoms with van der Waals surface area (Å²) in [6, 6.07) is -3.06. The van der Waals surface area contributed by atoms with Crippen LogP contribution < -0.4 is 10.6 Å². The fourth-order valence-electron chi connectivity index (χ4n) is 6.24. The molecule has 4 fully saturated rings. The number of aliphatic hydroxyl groups is 12. The number of aliphatic hydroxyl groups excluding tert-OH is 12. The lowest BCUT2D eigenvalue weighted by Crippen LogP contribution is -2.70. The molecule has 0 radical (unpaired) electrons. The highest BCUT2D eigenvalue weighted by Crippen LogP contribution is 2.33. The lowest BCUT2D eigenvalue weighted by Gasteiger charge is -2.49. The Balaban J connectivity index is 1.68. The van der Waals surface area contributed by atoms with E-state index >= 15 is 0 Å². The van der Waals surface area contributed by atoms with Crippen molar-refractivity contribution in [3.63, 3.8) is 0 Å². The molecule has 0 aliphatic carbocycles. The quantitative estimate of drug-likeness (QED) is 0.0881. The van der Waals surface area contributed by atoms with Crippen LogP contribution >= 0.6 is 0 Å². The smallest absolute Gasteiger partial charge is 0.217 e. The van der Waals surface area contributed by atoms with Crippen molar-refractivity contribution in [3.8, 4) is 0 Å². The van der Waals surface area contributed by atoms with E-state index < -0.39 is 161 Å². The Bertz CT molecular complexity index is 1140. The average molecular weight is 749 g/mol. The molecule has 296 valence electrons. The van der Waals surface area contributed by atoms with Crippen LogP contribution in [0.1, 0.15) is 13.8 Å². The minimum absolute atomic E-state index is 0.670. The Morgan fingerprint density at radius 2 is 0.980 bits per heavy atom. The van der Waals surface area contributed by atoms with Crippen LogP contribution in [-0.4, -0.2) is 222 Å². The normalized spacial score (nSPS) is 47.8. The van der Waals surface area contributed by atoms with Gasteiger partial charge in [0, 0.05) is 13.8 Å². The first-order chi connectivity index (χ1) is 24.0. The molecule has 0 aromatic heterocycles. The average Bonchev–Trinajstić information content (AvgIpc) is 3.08. The highest BCUT2D eigenvalue weighted by atomic mass is 16.7. The van der Waals surface area contributed by atoms with Crippen molar-refractivity contribution in [2.45, 2.75) is 137 Å². The number of hydrogen-bond donors (Lipinski definition) is 14. The molecule has 23 nitrogen and oxygen atoms in total. The molecule has 20 atom stereocenters. The minimum atomic E-state index is -2.00. The number of hydrogen-bond acceptors (Lipinski definition) is 21. The van der Waals surface area contributed by atoms with Crippen LogP contribution in [-0.2, 0) is 42.7 Å². The lowest BCUT2D eigenvalue weighted by atomic mass is 9.94. The largest absolute Gasteiger partial charge is 0.394 e. The second kappa shape index (κ2) is 18.0. The second-order valence-electron chi connectivity index (χ2n) is 12.7. The topological polar surface area (TPSA) is 366 Å². The highest BCUT2D eigenvalue weighted by molar-refractivity contribution is 5.73. The van der Waals surface area contributed by atoms with Crippen molar-refractivity contribution in [2.24, 2.45) is 0 Å². The van der Waals surface area contributed by atoms with E-state index in [9.17, 15) is 70.9 Å². The Morgan fingerprint density at radius 1 is 0.510 bits per heavy atom. The van der Waals surface area contributed by atoms with Gasteiger partial charge in [-0.15, -0.1) is 0 Å². The van der Waals surface area contributed by atoms with Gasteiger partial charge in [-0.2, -0.15) is 0 Å². The lowest BCUT2D eigenvalue weighted by molar-refractivity contribution is -0.367. The number of carbonyl (C=O) groups is 2. The Hall–Kier alpha value is -1.82. The third kappa shape index (κ3) is 9.29. The maximum Gasteiger partial charge on any atom is 0.217 e. The molecule has 14 N–H and O–H groups in total. The van der Waals surface area contributed by atoms with E-state index in [1.807, 2.05) is 0 Å². The van der Waals surface area contributed by atoms with E-state index in [1.54, 1.807) is 0 Å². The van der Waals surface area contributed by atoms with Crippen molar-refractivity contribution < 1.29 is 104 Å². The van der Waals surface area contributed by atoms with E-state index in [2.05, 4.69) is 10.6 Å². The highest BCUT2D eigenvalue weighted by Gasteiger charge is 2.55. The summed E-state index contributed by atoms with van der Waals surface area (Å²) in [7, 11) is 0. The van der Waals surface area contributed by atoms with Crippen LogP contribution in [0, 0.1) is 0 Å². The van der Waals surface area contributed by atoms with Gasteiger partial charge in [0.25, 0.3) is 0 Å². The molecule has 4 aliphatic heterocycles. The maximum atomic E-state index is 12.4. The van der Waals surface area contributed by atoms with Gasteiger partial charge in [0.05, 0.1) is 26.4 Å². The molecule has 4 heterocycles. The molecule has 4 rings (SSSR count). The summed E-state index contributed by atoms with van der Waals surface area (Å²) in [5, 5.41) is 129. The molecular weight excluding hydrogens is 700 g/mol. The van der Waals surface area contributed by atoms with Gasteiger partial charge in [-0.1, -0.05) is 0 Å². The zero-order valence-electron chi connectivity index (χ0n) is 27.4. The molecule has 0 aromatic carbocycles. The van der Waals surface area contributed by atoms with Crippen LogP contribution in [0.5, 0.6) is 0 Å². The van der Waals surface area contributed by atoms with E-state index in [-0.39, 0.29) is 0 Å². The summed E-state index contributed by atoms with van der Waals surface area (Å²) in [6.07, 6.45) is -31.7. The minimum Gasteiger partial charge on any atom is -0.394 e. The Labute approximate surface area is 289 Å². The summed E-state index contributed by atoms with van der Waals surface area (Å²) in [4.78, 5) is 24.3. The summed E-state index contributed by atoms with van der Waals surface area (Å²) >= 11 is 0. The molecule has 0 saturated carbocycles. The van der Waals surface area contributed by atoms with Gasteiger partial charge in [-0.25, -0.2) is 0 Å². The van der Waals surface area contributed by atoms with Gasteiger partial charge in [0.1, 0.15) is 97.5 Å². The van der Waals surface area contributed by atoms with Gasteiger partial charge >= 0.3 is 0 Å². The molecule has 0 aromatic rings. The van der Waals surface area contributed by atoms with E-state index in [0.29, 0.717) is 0 Å². The van der Waals surface area contributed by atoms with Crippen LogP contribution in [0.25, 0.3) is 0 Å². The van der Waals surface area contributed by atoms with Gasteiger partial charge < -0.3 is 105 Å². The van der Waals surface area contributed by atoms with E-state index in [0.717, 1.165) is 13.8 Å². The molecule has 2 amide bonds. The van der Waals surface area contributed by atoms with Crippen molar-refractivity contribution in [2.75, 3.05) is 26.4 Å². The van der Waals surface area contributed by atoms with Gasteiger partial charge in [0.15, 0.2) is 25.2 Å². The molecule has 4 saturated heterocycles. The Morgan fingerprint density at radius 3 is 1.55 bits per heavy atom. The molecule has 4 aliphatic rings. The number of carbonyl (C=O) groups excluding carboxylic acids is 2. The van der Waals surface area contributed by atoms with Crippen LogP contribution in [0.3, 0.4) is 0 Å². The van der Waals surface area contributed by atoms with Gasteiger partial charge in [-0.05, 0) is 0 Å². The van der Waals surface area contributed by atoms with E-state index in [1.165, 1.54) is 0 Å². The van der Waals surface area contributed by atoms with Crippen LogP contribution in [0.15, 0.2) is 0 Å². The SMILES string of the molecule is CC(=O)N[C@H]1[C@H](OC[C@H]2O[C@@H](O[C@H]3[C@@H](O)[C@@H](CO)OC(O)[C@@H]3O)[C@H](NC(C)=O)[C@@H](O[C@@H]3O[C@H](CO)[C@H](O)[C@H](O)[C@H]3O)[C@@H]2O)O[C@H](CO)[C@@H](O)[C@@H]1O. The van der Waals surface area contributed by atoms with Gasteiger partial charge in [-0.3, -0.25) is 9.59 Å². The number of rotatable bonds is 12. The standard InChI is InChI=1S/C28H48N2O21/c1-7(34)29-13-19(40)15(36)9(3-31)47-26(13)45-6-12-18(39)23(50-28-21(42)20(41)16(37)10(4-32)48-28)14(30-8(2)35)27(49-12)51-24-17(38)11(5-33)46-25(44)22(24)43/h9-28,31-33,36-44H,3-6H2,1-2H3,(H,29,34)(H,30,35)/t9-,10-,11-,12-,13-,14-,15-,16+,17+,18-,19-,20+,21-,22-,23-,24+,25?,26-,27+,28+/m1/s1. The second-order valence-corrected chi connectivity index (χ2v) is 12.7. The summed E-state index contributed by atoms with van der Waals surface area (Å²) in [6.45, 7) is -1.07. The van der Waals surface area contributed by atoms with Gasteiger partial charge in [0.2, 0.25) is 11.8 Å². The molecule has 0 spiro atoms. The summed E-state index contributed by atoms with van der Waals surface area (Å²) in [5.41, 5.74) is 0. The van der Waals surface area contributed by atoms with Crippen molar-refractivity contribution in [1.82, 2.24) is 10.6 Å². The molecule has 23 heteroatoms. The van der Waals surface area contributed by atoms with Crippen molar-refractivity contribution in [3.05, 3.63) is 0 Å². The first-order valence-corrected chi connectivity index (χ1v) is 16.1. The Kier molecular flexibility index (Phi) is 14.8. The molecule has 1 unspecified atom stereocenters. The predicted molar refractivity (Wildman–Crippen MR) is 157 cm³/mol. The maximum absolute atomic E-state index is 12.4. The first-order valence-electron chi connectivity index (χ1n) is 16.1. The monoisotopic (exact) mass is 748 g/mol. The fraction of sp³-hybridized carbons (Fsp3) is 0.929.